The Kier molecular flexibility index (Phi) is 4.82. The Morgan fingerprint density at radius 1 is 1.14 bits per heavy atom. The van der Waals surface area contributed by atoms with Gasteiger partial charge < -0.3 is 16.0 Å². The molecule has 3 N–H and O–H groups in total. The van der Waals surface area contributed by atoms with Gasteiger partial charge in [0.1, 0.15) is 0 Å². The van der Waals surface area contributed by atoms with Crippen molar-refractivity contribution in [2.24, 2.45) is 11.7 Å². The van der Waals surface area contributed by atoms with Crippen LogP contribution in [0.1, 0.15) is 38.5 Å². The Hall–Kier alpha value is -0.650. The zero-order chi connectivity index (χ0) is 14.8. The third-order valence-electron chi connectivity index (χ3n) is 5.78. The summed E-state index contributed by atoms with van der Waals surface area (Å²) < 4.78 is 0. The highest BCUT2D eigenvalue weighted by Gasteiger charge is 2.38. The minimum atomic E-state index is 0.191. The maximum Gasteiger partial charge on any atom is 0.234 e. The Bertz CT molecular complexity index is 353. The summed E-state index contributed by atoms with van der Waals surface area (Å²) in [5.41, 5.74) is 5.90. The number of hydrogen-bond acceptors (Lipinski definition) is 4. The van der Waals surface area contributed by atoms with Crippen molar-refractivity contribution in [3.8, 4) is 0 Å². The van der Waals surface area contributed by atoms with E-state index < -0.39 is 0 Å². The summed E-state index contributed by atoms with van der Waals surface area (Å²) in [6.07, 6.45) is 7.24. The first-order chi connectivity index (χ1) is 10.1. The van der Waals surface area contributed by atoms with Crippen molar-refractivity contribution < 1.29 is 4.79 Å². The van der Waals surface area contributed by atoms with Crippen molar-refractivity contribution in [1.29, 1.82) is 0 Å². The van der Waals surface area contributed by atoms with Crippen LogP contribution in [0.2, 0.25) is 0 Å². The molecule has 3 heterocycles. The molecule has 5 nitrogen and oxygen atoms in total. The quantitative estimate of drug-likeness (QED) is 0.788. The van der Waals surface area contributed by atoms with Crippen LogP contribution in [-0.4, -0.2) is 67.1 Å². The molecule has 3 aliphatic rings. The molecule has 3 fully saturated rings. The van der Waals surface area contributed by atoms with Gasteiger partial charge in [0, 0.05) is 37.8 Å². The molecule has 0 aliphatic carbocycles. The Labute approximate surface area is 128 Å². The van der Waals surface area contributed by atoms with Gasteiger partial charge in [0.05, 0.1) is 6.54 Å². The maximum atomic E-state index is 12.1. The van der Waals surface area contributed by atoms with Crippen LogP contribution in [0.25, 0.3) is 0 Å². The molecule has 0 aromatic rings. The SMILES string of the molecule is CN1C2CCC1CC(CNC(=O)CN1CCC(N)CC1)C2. The van der Waals surface area contributed by atoms with Gasteiger partial charge in [0.2, 0.25) is 5.91 Å². The normalized spacial score (nSPS) is 35.0. The van der Waals surface area contributed by atoms with E-state index in [2.05, 4.69) is 22.2 Å². The predicted octanol–water partition coefficient (Wildman–Crippen LogP) is 0.399. The molecule has 0 saturated carbocycles. The van der Waals surface area contributed by atoms with E-state index in [1.54, 1.807) is 0 Å². The molecule has 3 saturated heterocycles. The molecule has 1 amide bonds. The monoisotopic (exact) mass is 294 g/mol. The van der Waals surface area contributed by atoms with Crippen molar-refractivity contribution in [3.63, 3.8) is 0 Å². The Balaban J connectivity index is 1.36. The zero-order valence-electron chi connectivity index (χ0n) is 13.3. The molecule has 3 aliphatic heterocycles. The standard InChI is InChI=1S/C16H30N4O/c1-19-14-2-3-15(19)9-12(8-14)10-18-16(21)11-20-6-4-13(17)5-7-20/h12-15H,2-11,17H2,1H3,(H,18,21). The molecule has 2 atom stereocenters. The number of nitrogens with one attached hydrogen (secondary N) is 1. The largest absolute Gasteiger partial charge is 0.355 e. The van der Waals surface area contributed by atoms with E-state index in [-0.39, 0.29) is 5.91 Å². The highest BCUT2D eigenvalue weighted by atomic mass is 16.2. The zero-order valence-corrected chi connectivity index (χ0v) is 13.3. The third kappa shape index (κ3) is 3.76. The number of carbonyl (C=O) groups is 1. The molecule has 120 valence electrons. The number of carbonyl (C=O) groups excluding carboxylic acids is 1. The smallest absolute Gasteiger partial charge is 0.234 e. The topological polar surface area (TPSA) is 61.6 Å². The average Bonchev–Trinajstić information content (AvgIpc) is 2.70. The van der Waals surface area contributed by atoms with E-state index in [0.717, 1.165) is 44.6 Å². The van der Waals surface area contributed by atoms with Crippen LogP contribution in [0.4, 0.5) is 0 Å². The third-order valence-corrected chi connectivity index (χ3v) is 5.78. The summed E-state index contributed by atoms with van der Waals surface area (Å²) in [6, 6.07) is 1.85. The second-order valence-corrected chi connectivity index (χ2v) is 7.31. The van der Waals surface area contributed by atoms with Crippen molar-refractivity contribution in [2.45, 2.75) is 56.7 Å². The number of nitrogens with zero attached hydrogens (tertiary/aromatic N) is 2. The maximum absolute atomic E-state index is 12.1. The lowest BCUT2D eigenvalue weighted by Gasteiger charge is -2.36. The summed E-state index contributed by atoms with van der Waals surface area (Å²) in [7, 11) is 2.26. The fraction of sp³-hybridized carbons (Fsp3) is 0.938. The summed E-state index contributed by atoms with van der Waals surface area (Å²) in [5, 5.41) is 3.16. The van der Waals surface area contributed by atoms with E-state index in [9.17, 15) is 4.79 Å². The molecule has 0 aromatic heterocycles. The van der Waals surface area contributed by atoms with Crippen molar-refractivity contribution in [2.75, 3.05) is 33.2 Å². The van der Waals surface area contributed by atoms with Gasteiger partial charge in [-0.05, 0) is 51.5 Å². The second-order valence-electron chi connectivity index (χ2n) is 7.31. The molecular formula is C16H30N4O. The molecule has 2 unspecified atom stereocenters. The van der Waals surface area contributed by atoms with Crippen LogP contribution in [0.3, 0.4) is 0 Å². The molecule has 5 heteroatoms. The van der Waals surface area contributed by atoms with Gasteiger partial charge in [0.15, 0.2) is 0 Å². The van der Waals surface area contributed by atoms with E-state index in [0.29, 0.717) is 18.5 Å². The van der Waals surface area contributed by atoms with Crippen LogP contribution < -0.4 is 11.1 Å². The average molecular weight is 294 g/mol. The predicted molar refractivity (Wildman–Crippen MR) is 84.0 cm³/mol. The van der Waals surface area contributed by atoms with Gasteiger partial charge in [-0.3, -0.25) is 9.69 Å². The molecule has 21 heavy (non-hydrogen) atoms. The van der Waals surface area contributed by atoms with Gasteiger partial charge >= 0.3 is 0 Å². The second kappa shape index (κ2) is 6.63. The Morgan fingerprint density at radius 2 is 1.76 bits per heavy atom. The summed E-state index contributed by atoms with van der Waals surface area (Å²) in [4.78, 5) is 16.9. The highest BCUT2D eigenvalue weighted by molar-refractivity contribution is 5.78. The lowest BCUT2D eigenvalue weighted by molar-refractivity contribution is -0.122. The lowest BCUT2D eigenvalue weighted by atomic mass is 9.91. The molecule has 0 aromatic carbocycles. The Morgan fingerprint density at radius 3 is 2.38 bits per heavy atom. The molecule has 0 radical (unpaired) electrons. The summed E-state index contributed by atoms with van der Waals surface area (Å²) in [5.74, 6) is 0.870. The van der Waals surface area contributed by atoms with E-state index in [1.807, 2.05) is 0 Å². The van der Waals surface area contributed by atoms with Crippen molar-refractivity contribution in [1.82, 2.24) is 15.1 Å². The lowest BCUT2D eigenvalue weighted by Crippen LogP contribution is -2.47. The first-order valence-electron chi connectivity index (χ1n) is 8.58. The van der Waals surface area contributed by atoms with Crippen LogP contribution >= 0.6 is 0 Å². The van der Waals surface area contributed by atoms with Gasteiger partial charge in [-0.1, -0.05) is 0 Å². The molecule has 3 rings (SSSR count). The van der Waals surface area contributed by atoms with Crippen molar-refractivity contribution >= 4 is 5.91 Å². The van der Waals surface area contributed by atoms with Crippen LogP contribution in [-0.2, 0) is 4.79 Å². The van der Waals surface area contributed by atoms with Crippen LogP contribution in [0.5, 0.6) is 0 Å². The number of likely N-dealkylation sites (tertiary alicyclic amines) is 1. The number of amides is 1. The number of hydrogen-bond donors (Lipinski definition) is 2. The molecule has 2 bridgehead atoms. The van der Waals surface area contributed by atoms with Crippen molar-refractivity contribution in [3.05, 3.63) is 0 Å². The van der Waals surface area contributed by atoms with Gasteiger partial charge in [-0.25, -0.2) is 0 Å². The first-order valence-corrected chi connectivity index (χ1v) is 8.58. The number of fused-ring (bicyclic) bond motifs is 2. The fourth-order valence-corrected chi connectivity index (χ4v) is 4.32. The fourth-order valence-electron chi connectivity index (χ4n) is 4.32. The number of piperidine rings is 2. The van der Waals surface area contributed by atoms with Gasteiger partial charge in [0.25, 0.3) is 0 Å². The molecule has 0 spiro atoms. The van der Waals surface area contributed by atoms with E-state index in [4.69, 9.17) is 5.73 Å². The first kappa shape index (κ1) is 15.3. The summed E-state index contributed by atoms with van der Waals surface area (Å²) >= 11 is 0. The van der Waals surface area contributed by atoms with E-state index in [1.165, 1.54) is 25.7 Å². The van der Waals surface area contributed by atoms with E-state index >= 15 is 0 Å². The minimum absolute atomic E-state index is 0.191. The van der Waals surface area contributed by atoms with Crippen LogP contribution in [0.15, 0.2) is 0 Å². The van der Waals surface area contributed by atoms with Gasteiger partial charge in [-0.15, -0.1) is 0 Å². The number of rotatable bonds is 4. The number of nitrogens with two attached hydrogens (primary N) is 1. The van der Waals surface area contributed by atoms with Gasteiger partial charge in [-0.2, -0.15) is 0 Å². The van der Waals surface area contributed by atoms with Crippen LogP contribution in [0, 0.1) is 5.92 Å². The summed E-state index contributed by atoms with van der Waals surface area (Å²) in [6.45, 7) is 3.35. The minimum Gasteiger partial charge on any atom is -0.355 e. The molecular weight excluding hydrogens is 264 g/mol. The highest BCUT2D eigenvalue weighted by Crippen LogP contribution is 2.36.